The molecule has 0 fully saturated rings. The van der Waals surface area contributed by atoms with Crippen molar-refractivity contribution >= 4 is 37.5 Å². The zero-order valence-electron chi connectivity index (χ0n) is 10.8. The summed E-state index contributed by atoms with van der Waals surface area (Å²) in [6.45, 7) is 3.81. The zero-order chi connectivity index (χ0) is 14.5. The van der Waals surface area contributed by atoms with Crippen LogP contribution in [0.4, 0.5) is 5.69 Å². The molecule has 0 saturated heterocycles. The third-order valence-corrected chi connectivity index (χ3v) is 5.04. The SMILES string of the molecule is CC(C)C(=O)Nc1cccc(CNS(=O)(=O)CBr)c1. The Morgan fingerprint density at radius 3 is 2.63 bits per heavy atom. The van der Waals surface area contributed by atoms with Crippen LogP contribution in [0, 0.1) is 5.92 Å². The van der Waals surface area contributed by atoms with Crippen LogP contribution < -0.4 is 10.0 Å². The summed E-state index contributed by atoms with van der Waals surface area (Å²) >= 11 is 2.90. The van der Waals surface area contributed by atoms with Crippen LogP contribution in [-0.4, -0.2) is 19.0 Å². The van der Waals surface area contributed by atoms with Gasteiger partial charge in [-0.25, -0.2) is 13.1 Å². The standard InChI is InChI=1S/C12H17BrN2O3S/c1-9(2)12(16)15-11-5-3-4-10(6-11)7-14-19(17,18)8-13/h3-6,9,14H,7-8H2,1-2H3,(H,15,16). The number of hydrogen-bond acceptors (Lipinski definition) is 3. The lowest BCUT2D eigenvalue weighted by Crippen LogP contribution is -2.24. The lowest BCUT2D eigenvalue weighted by Gasteiger charge is -2.09. The maximum atomic E-state index is 11.6. The molecule has 5 nitrogen and oxygen atoms in total. The lowest BCUT2D eigenvalue weighted by molar-refractivity contribution is -0.118. The number of carbonyl (C=O) groups is 1. The van der Waals surface area contributed by atoms with Crippen molar-refractivity contribution in [1.82, 2.24) is 4.72 Å². The molecule has 1 aromatic rings. The second kappa shape index (κ2) is 7.02. The van der Waals surface area contributed by atoms with Gasteiger partial charge in [0.1, 0.15) is 4.66 Å². The Morgan fingerprint density at radius 2 is 2.05 bits per heavy atom. The summed E-state index contributed by atoms with van der Waals surface area (Å²) in [5.41, 5.74) is 1.44. The van der Waals surface area contributed by atoms with E-state index in [9.17, 15) is 13.2 Å². The molecule has 0 aliphatic rings. The van der Waals surface area contributed by atoms with Gasteiger partial charge < -0.3 is 5.32 Å². The van der Waals surface area contributed by atoms with Crippen LogP contribution in [0.1, 0.15) is 19.4 Å². The van der Waals surface area contributed by atoms with Gasteiger partial charge in [0.15, 0.2) is 0 Å². The molecular weight excluding hydrogens is 332 g/mol. The topological polar surface area (TPSA) is 75.3 Å². The maximum absolute atomic E-state index is 11.6. The second-order valence-electron chi connectivity index (χ2n) is 4.39. The Balaban J connectivity index is 2.70. The number of benzene rings is 1. The van der Waals surface area contributed by atoms with E-state index in [-0.39, 0.29) is 23.0 Å². The monoisotopic (exact) mass is 348 g/mol. The molecule has 0 aromatic heterocycles. The van der Waals surface area contributed by atoms with Crippen molar-refractivity contribution in [2.45, 2.75) is 20.4 Å². The van der Waals surface area contributed by atoms with Crippen molar-refractivity contribution in [3.05, 3.63) is 29.8 Å². The first-order valence-corrected chi connectivity index (χ1v) is 8.54. The molecule has 0 bridgehead atoms. The normalized spacial score (nSPS) is 11.6. The molecule has 0 heterocycles. The minimum atomic E-state index is -3.29. The molecule has 1 amide bonds. The average Bonchev–Trinajstić information content (AvgIpc) is 2.37. The molecule has 0 aliphatic carbocycles. The lowest BCUT2D eigenvalue weighted by atomic mass is 10.1. The number of sulfonamides is 1. The molecule has 106 valence electrons. The molecule has 19 heavy (non-hydrogen) atoms. The van der Waals surface area contributed by atoms with Crippen molar-refractivity contribution in [1.29, 1.82) is 0 Å². The second-order valence-corrected chi connectivity index (χ2v) is 7.50. The molecule has 0 radical (unpaired) electrons. The van der Waals surface area contributed by atoms with Gasteiger partial charge in [0.05, 0.1) is 0 Å². The van der Waals surface area contributed by atoms with Crippen LogP contribution in [0.2, 0.25) is 0 Å². The van der Waals surface area contributed by atoms with E-state index in [2.05, 4.69) is 26.0 Å². The number of carbonyl (C=O) groups excluding carboxylic acids is 1. The van der Waals surface area contributed by atoms with Crippen LogP contribution in [-0.2, 0) is 21.4 Å². The van der Waals surface area contributed by atoms with Crippen LogP contribution in [0.5, 0.6) is 0 Å². The number of amides is 1. The first-order valence-electron chi connectivity index (χ1n) is 5.77. The molecule has 2 N–H and O–H groups in total. The fourth-order valence-corrected chi connectivity index (χ4v) is 2.23. The summed E-state index contributed by atoms with van der Waals surface area (Å²) in [5.74, 6) is -0.172. The Hall–Kier alpha value is -0.920. The first-order chi connectivity index (χ1) is 8.84. The maximum Gasteiger partial charge on any atom is 0.226 e. The Labute approximate surface area is 122 Å². The number of hydrogen-bond donors (Lipinski definition) is 2. The van der Waals surface area contributed by atoms with Crippen molar-refractivity contribution in [2.24, 2.45) is 5.92 Å². The Kier molecular flexibility index (Phi) is 5.96. The fraction of sp³-hybridized carbons (Fsp3) is 0.417. The summed E-state index contributed by atoms with van der Waals surface area (Å²) in [4.78, 5) is 11.6. The predicted molar refractivity (Wildman–Crippen MR) is 79.5 cm³/mol. The summed E-state index contributed by atoms with van der Waals surface area (Å²) in [5, 5.41) is 2.77. The fourth-order valence-electron chi connectivity index (χ4n) is 1.28. The van der Waals surface area contributed by atoms with Gasteiger partial charge in [-0.05, 0) is 17.7 Å². The van der Waals surface area contributed by atoms with E-state index in [1.165, 1.54) is 0 Å². The highest BCUT2D eigenvalue weighted by atomic mass is 79.9. The zero-order valence-corrected chi connectivity index (χ0v) is 13.2. The van der Waals surface area contributed by atoms with Gasteiger partial charge >= 0.3 is 0 Å². The van der Waals surface area contributed by atoms with E-state index in [0.29, 0.717) is 5.69 Å². The smallest absolute Gasteiger partial charge is 0.226 e. The quantitative estimate of drug-likeness (QED) is 0.772. The van der Waals surface area contributed by atoms with Gasteiger partial charge in [0.25, 0.3) is 0 Å². The van der Waals surface area contributed by atoms with Gasteiger partial charge in [-0.15, -0.1) is 0 Å². The van der Waals surface area contributed by atoms with Gasteiger partial charge in [0, 0.05) is 18.2 Å². The summed E-state index contributed by atoms with van der Waals surface area (Å²) < 4.78 is 24.9. The average molecular weight is 349 g/mol. The number of anilines is 1. The predicted octanol–water partition coefficient (Wildman–Crippen LogP) is 2.05. The minimum absolute atomic E-state index is 0.0711. The Morgan fingerprint density at radius 1 is 1.37 bits per heavy atom. The van der Waals surface area contributed by atoms with E-state index in [4.69, 9.17) is 0 Å². The van der Waals surface area contributed by atoms with Crippen LogP contribution in [0.25, 0.3) is 0 Å². The van der Waals surface area contributed by atoms with Crippen molar-refractivity contribution < 1.29 is 13.2 Å². The highest BCUT2D eigenvalue weighted by Gasteiger charge is 2.09. The van der Waals surface area contributed by atoms with Gasteiger partial charge in [-0.2, -0.15) is 0 Å². The number of rotatable bonds is 6. The number of halogens is 1. The molecule has 0 saturated carbocycles. The first kappa shape index (κ1) is 16.1. The third kappa shape index (κ3) is 5.71. The highest BCUT2D eigenvalue weighted by molar-refractivity contribution is 9.10. The van der Waals surface area contributed by atoms with Gasteiger partial charge in [-0.3, -0.25) is 4.79 Å². The van der Waals surface area contributed by atoms with Crippen molar-refractivity contribution in [2.75, 3.05) is 9.98 Å². The van der Waals surface area contributed by atoms with Crippen LogP contribution in [0.15, 0.2) is 24.3 Å². The van der Waals surface area contributed by atoms with Crippen molar-refractivity contribution in [3.63, 3.8) is 0 Å². The molecule has 0 aliphatic heterocycles. The van der Waals surface area contributed by atoms with E-state index >= 15 is 0 Å². The van der Waals surface area contributed by atoms with Gasteiger partial charge in [-0.1, -0.05) is 41.9 Å². The molecule has 0 atom stereocenters. The summed E-state index contributed by atoms with van der Waals surface area (Å²) in [6, 6.07) is 7.08. The largest absolute Gasteiger partial charge is 0.326 e. The van der Waals surface area contributed by atoms with Crippen LogP contribution >= 0.6 is 15.9 Å². The van der Waals surface area contributed by atoms with E-state index in [1.807, 2.05) is 13.8 Å². The van der Waals surface area contributed by atoms with E-state index in [0.717, 1.165) is 5.56 Å². The molecule has 0 unspecified atom stereocenters. The minimum Gasteiger partial charge on any atom is -0.326 e. The van der Waals surface area contributed by atoms with Gasteiger partial charge in [0.2, 0.25) is 15.9 Å². The summed E-state index contributed by atoms with van der Waals surface area (Å²) in [6.07, 6.45) is 0. The van der Waals surface area contributed by atoms with E-state index in [1.54, 1.807) is 24.3 Å². The highest BCUT2D eigenvalue weighted by Crippen LogP contribution is 2.12. The van der Waals surface area contributed by atoms with Crippen LogP contribution in [0.3, 0.4) is 0 Å². The van der Waals surface area contributed by atoms with Crippen molar-refractivity contribution in [3.8, 4) is 0 Å². The molecule has 7 heteroatoms. The molecule has 1 rings (SSSR count). The number of alkyl halides is 1. The molecular formula is C12H17BrN2O3S. The van der Waals surface area contributed by atoms with E-state index < -0.39 is 10.0 Å². The third-order valence-electron chi connectivity index (χ3n) is 2.36. The molecule has 0 spiro atoms. The summed E-state index contributed by atoms with van der Waals surface area (Å²) in [7, 11) is -3.29. The molecule has 1 aromatic carbocycles. The Bertz CT molecular complexity index is 544. The number of nitrogens with one attached hydrogen (secondary N) is 2.